The first kappa shape index (κ1) is 14.6. The van der Waals surface area contributed by atoms with Crippen LogP contribution in [0, 0.1) is 0 Å². The van der Waals surface area contributed by atoms with Crippen molar-refractivity contribution in [2.24, 2.45) is 0 Å². The normalized spacial score (nSPS) is 11.6. The molecule has 0 spiro atoms. The fourth-order valence-electron chi connectivity index (χ4n) is 1.14. The zero-order valence-corrected chi connectivity index (χ0v) is 11.8. The SMILES string of the molecule is COC(C)(C)CCOc1cc(CCl)c(Cl)cn1. The summed E-state index contributed by atoms with van der Waals surface area (Å²) in [5.41, 5.74) is 0.631. The highest BCUT2D eigenvalue weighted by molar-refractivity contribution is 6.32. The van der Waals surface area contributed by atoms with Gasteiger partial charge in [-0.05, 0) is 19.4 Å². The summed E-state index contributed by atoms with van der Waals surface area (Å²) < 4.78 is 10.8. The lowest BCUT2D eigenvalue weighted by molar-refractivity contribution is 0.00508. The number of halogens is 2. The van der Waals surface area contributed by atoms with Crippen molar-refractivity contribution in [3.05, 3.63) is 22.8 Å². The number of aromatic nitrogens is 1. The van der Waals surface area contributed by atoms with Crippen LogP contribution in [-0.2, 0) is 10.6 Å². The van der Waals surface area contributed by atoms with Gasteiger partial charge in [0.05, 0.1) is 17.2 Å². The molecule has 0 saturated heterocycles. The third-order valence-corrected chi connectivity index (χ3v) is 3.19. The van der Waals surface area contributed by atoms with Crippen molar-refractivity contribution in [2.45, 2.75) is 31.7 Å². The van der Waals surface area contributed by atoms with E-state index in [9.17, 15) is 0 Å². The summed E-state index contributed by atoms with van der Waals surface area (Å²) in [7, 11) is 1.69. The lowest BCUT2D eigenvalue weighted by atomic mass is 10.1. The first-order valence-electron chi connectivity index (χ1n) is 5.37. The maximum atomic E-state index is 5.90. The van der Waals surface area contributed by atoms with E-state index in [2.05, 4.69) is 4.98 Å². The summed E-state index contributed by atoms with van der Waals surface area (Å²) in [6.07, 6.45) is 2.33. The highest BCUT2D eigenvalue weighted by atomic mass is 35.5. The van der Waals surface area contributed by atoms with Crippen molar-refractivity contribution in [1.82, 2.24) is 4.98 Å². The molecule has 1 rings (SSSR count). The van der Waals surface area contributed by atoms with Crippen molar-refractivity contribution < 1.29 is 9.47 Å². The molecule has 0 aliphatic rings. The van der Waals surface area contributed by atoms with E-state index in [1.165, 1.54) is 0 Å². The van der Waals surface area contributed by atoms with Crippen molar-refractivity contribution in [3.63, 3.8) is 0 Å². The van der Waals surface area contributed by atoms with Gasteiger partial charge in [0.2, 0.25) is 5.88 Å². The van der Waals surface area contributed by atoms with E-state index in [1.54, 1.807) is 19.4 Å². The number of hydrogen-bond donors (Lipinski definition) is 0. The van der Waals surface area contributed by atoms with Gasteiger partial charge in [-0.1, -0.05) is 11.6 Å². The second-order valence-corrected chi connectivity index (χ2v) is 4.98. The highest BCUT2D eigenvalue weighted by Gasteiger charge is 2.16. The maximum absolute atomic E-state index is 5.90. The van der Waals surface area contributed by atoms with Crippen LogP contribution in [0.1, 0.15) is 25.8 Å². The molecule has 0 saturated carbocycles. The van der Waals surface area contributed by atoms with Gasteiger partial charge in [0, 0.05) is 31.7 Å². The lowest BCUT2D eigenvalue weighted by Gasteiger charge is -2.22. The van der Waals surface area contributed by atoms with Crippen molar-refractivity contribution in [3.8, 4) is 5.88 Å². The zero-order chi connectivity index (χ0) is 12.9. The van der Waals surface area contributed by atoms with E-state index in [1.807, 2.05) is 13.8 Å². The van der Waals surface area contributed by atoms with Crippen molar-refractivity contribution in [1.29, 1.82) is 0 Å². The average Bonchev–Trinajstić information content (AvgIpc) is 2.31. The van der Waals surface area contributed by atoms with Crippen LogP contribution in [0.15, 0.2) is 12.3 Å². The van der Waals surface area contributed by atoms with Gasteiger partial charge in [-0.15, -0.1) is 11.6 Å². The van der Waals surface area contributed by atoms with Crippen LogP contribution in [0.2, 0.25) is 5.02 Å². The number of nitrogens with zero attached hydrogens (tertiary/aromatic N) is 1. The first-order valence-corrected chi connectivity index (χ1v) is 6.28. The Balaban J connectivity index is 2.53. The molecule has 0 bridgehead atoms. The number of alkyl halides is 1. The van der Waals surface area contributed by atoms with Gasteiger partial charge in [-0.3, -0.25) is 0 Å². The standard InChI is InChI=1S/C12H17Cl2NO2/c1-12(2,16-3)4-5-17-11-6-9(7-13)10(14)8-15-11/h6,8H,4-5,7H2,1-3H3. The molecule has 1 aromatic rings. The Morgan fingerprint density at radius 2 is 2.12 bits per heavy atom. The molecule has 5 heteroatoms. The minimum absolute atomic E-state index is 0.193. The van der Waals surface area contributed by atoms with Crippen LogP contribution < -0.4 is 4.74 Å². The van der Waals surface area contributed by atoms with E-state index in [0.717, 1.165) is 12.0 Å². The predicted octanol–water partition coefficient (Wildman–Crippen LogP) is 3.67. The summed E-state index contributed by atoms with van der Waals surface area (Å²) >= 11 is 11.6. The molecule has 96 valence electrons. The fourth-order valence-corrected chi connectivity index (χ4v) is 1.60. The van der Waals surface area contributed by atoms with E-state index in [4.69, 9.17) is 32.7 Å². The van der Waals surface area contributed by atoms with Gasteiger partial charge in [0.25, 0.3) is 0 Å². The van der Waals surface area contributed by atoms with E-state index >= 15 is 0 Å². The molecule has 0 aliphatic heterocycles. The van der Waals surface area contributed by atoms with Gasteiger partial charge in [0.1, 0.15) is 0 Å². The summed E-state index contributed by atoms with van der Waals surface area (Å²) in [6.45, 7) is 4.56. The number of rotatable bonds is 6. The Labute approximate surface area is 112 Å². The van der Waals surface area contributed by atoms with Gasteiger partial charge in [-0.25, -0.2) is 4.98 Å². The predicted molar refractivity (Wildman–Crippen MR) is 70.0 cm³/mol. The topological polar surface area (TPSA) is 31.4 Å². The second-order valence-electron chi connectivity index (χ2n) is 4.31. The Kier molecular flexibility index (Phi) is 5.50. The summed E-state index contributed by atoms with van der Waals surface area (Å²) in [4.78, 5) is 4.08. The van der Waals surface area contributed by atoms with E-state index in [0.29, 0.717) is 23.4 Å². The monoisotopic (exact) mass is 277 g/mol. The first-order chi connectivity index (χ1) is 7.98. The molecule has 0 unspecified atom stereocenters. The molecule has 0 atom stereocenters. The van der Waals surface area contributed by atoms with Gasteiger partial charge < -0.3 is 9.47 Å². The fraction of sp³-hybridized carbons (Fsp3) is 0.583. The Hall–Kier alpha value is -0.510. The molecule has 0 amide bonds. The van der Waals surface area contributed by atoms with E-state index in [-0.39, 0.29) is 5.60 Å². The lowest BCUT2D eigenvalue weighted by Crippen LogP contribution is -2.25. The molecule has 17 heavy (non-hydrogen) atoms. The van der Waals surface area contributed by atoms with Gasteiger partial charge >= 0.3 is 0 Å². The summed E-state index contributed by atoms with van der Waals surface area (Å²) in [6, 6.07) is 1.76. The maximum Gasteiger partial charge on any atom is 0.213 e. The minimum Gasteiger partial charge on any atom is -0.478 e. The van der Waals surface area contributed by atoms with E-state index < -0.39 is 0 Å². The largest absolute Gasteiger partial charge is 0.478 e. The van der Waals surface area contributed by atoms with Crippen LogP contribution in [-0.4, -0.2) is 24.3 Å². The molecular weight excluding hydrogens is 261 g/mol. The van der Waals surface area contributed by atoms with Crippen molar-refractivity contribution >= 4 is 23.2 Å². The van der Waals surface area contributed by atoms with Gasteiger partial charge in [-0.2, -0.15) is 0 Å². The number of ether oxygens (including phenoxy) is 2. The van der Waals surface area contributed by atoms with Crippen molar-refractivity contribution in [2.75, 3.05) is 13.7 Å². The number of hydrogen-bond acceptors (Lipinski definition) is 3. The molecular formula is C12H17Cl2NO2. The molecule has 0 aromatic carbocycles. The van der Waals surface area contributed by atoms with Crippen LogP contribution >= 0.6 is 23.2 Å². The summed E-state index contributed by atoms with van der Waals surface area (Å²) in [5, 5.41) is 0.560. The third kappa shape index (κ3) is 4.70. The average molecular weight is 278 g/mol. The number of pyridine rings is 1. The summed E-state index contributed by atoms with van der Waals surface area (Å²) in [5.74, 6) is 0.887. The zero-order valence-electron chi connectivity index (χ0n) is 10.3. The number of methoxy groups -OCH3 is 1. The quantitative estimate of drug-likeness (QED) is 0.744. The van der Waals surface area contributed by atoms with Crippen LogP contribution in [0.5, 0.6) is 5.88 Å². The Morgan fingerprint density at radius 1 is 1.41 bits per heavy atom. The molecule has 1 aromatic heterocycles. The Bertz CT molecular complexity index is 370. The molecule has 0 N–H and O–H groups in total. The van der Waals surface area contributed by atoms with Crippen LogP contribution in [0.4, 0.5) is 0 Å². The van der Waals surface area contributed by atoms with Gasteiger partial charge in [0.15, 0.2) is 0 Å². The highest BCUT2D eigenvalue weighted by Crippen LogP contribution is 2.21. The molecule has 0 fully saturated rings. The Morgan fingerprint density at radius 3 is 2.71 bits per heavy atom. The molecule has 1 heterocycles. The molecule has 0 radical (unpaired) electrons. The second kappa shape index (κ2) is 6.43. The smallest absolute Gasteiger partial charge is 0.213 e. The molecule has 0 aliphatic carbocycles. The minimum atomic E-state index is -0.193. The molecule has 3 nitrogen and oxygen atoms in total. The third-order valence-electron chi connectivity index (χ3n) is 2.56. The van der Waals surface area contributed by atoms with Crippen LogP contribution in [0.3, 0.4) is 0 Å². The van der Waals surface area contributed by atoms with Crippen LogP contribution in [0.25, 0.3) is 0 Å².